The van der Waals surface area contributed by atoms with Crippen molar-refractivity contribution in [3.05, 3.63) is 29.8 Å². The van der Waals surface area contributed by atoms with Gasteiger partial charge < -0.3 is 15.4 Å². The van der Waals surface area contributed by atoms with Gasteiger partial charge in [0.1, 0.15) is 0 Å². The number of rotatable bonds is 3. The van der Waals surface area contributed by atoms with E-state index in [1.807, 2.05) is 0 Å². The first-order valence-electron chi connectivity index (χ1n) is 7.86. The number of ether oxygens (including phenoxy) is 1. The van der Waals surface area contributed by atoms with E-state index >= 15 is 0 Å². The van der Waals surface area contributed by atoms with Gasteiger partial charge in [-0.1, -0.05) is 12.8 Å². The molecule has 2 N–H and O–H groups in total. The topological polar surface area (TPSA) is 67.4 Å². The first kappa shape index (κ1) is 17.8. The summed E-state index contributed by atoms with van der Waals surface area (Å²) in [6.45, 7) is 1.71. The van der Waals surface area contributed by atoms with Gasteiger partial charge in [-0.3, -0.25) is 4.79 Å². The summed E-state index contributed by atoms with van der Waals surface area (Å²) in [6.07, 6.45) is 4.42. The van der Waals surface area contributed by atoms with E-state index in [9.17, 15) is 9.59 Å². The summed E-state index contributed by atoms with van der Waals surface area (Å²) >= 11 is 0. The largest absolute Gasteiger partial charge is 0.465 e. The lowest BCUT2D eigenvalue weighted by Gasteiger charge is -2.37. The summed E-state index contributed by atoms with van der Waals surface area (Å²) < 4.78 is 4.67. The molecule has 0 aromatic heterocycles. The second kappa shape index (κ2) is 7.32. The molecule has 5 nitrogen and oxygen atoms in total. The number of hydrogen-bond donors (Lipinski definition) is 2. The van der Waals surface area contributed by atoms with Crippen LogP contribution in [0.15, 0.2) is 24.3 Å². The van der Waals surface area contributed by atoms with Gasteiger partial charge in [0.2, 0.25) is 5.91 Å². The summed E-state index contributed by atoms with van der Waals surface area (Å²) in [5, 5.41) is 6.41. The van der Waals surface area contributed by atoms with Crippen LogP contribution in [0.4, 0.5) is 5.69 Å². The Balaban J connectivity index is 0.00000192. The molecule has 6 heteroatoms. The zero-order chi connectivity index (χ0) is 15.6. The molecular formula is C17H23ClN2O3. The normalized spacial score (nSPS) is 25.9. The fourth-order valence-electron chi connectivity index (χ4n) is 3.75. The molecule has 2 fully saturated rings. The van der Waals surface area contributed by atoms with Gasteiger partial charge in [-0.05, 0) is 49.6 Å². The molecule has 0 radical (unpaired) electrons. The number of nitrogens with one attached hydrogen (secondary N) is 2. The molecule has 2 aliphatic rings. The zero-order valence-electron chi connectivity index (χ0n) is 13.3. The van der Waals surface area contributed by atoms with Crippen LogP contribution in [0.1, 0.15) is 36.0 Å². The quantitative estimate of drug-likeness (QED) is 0.831. The van der Waals surface area contributed by atoms with Gasteiger partial charge in [-0.2, -0.15) is 0 Å². The summed E-state index contributed by atoms with van der Waals surface area (Å²) in [5.74, 6) is 0.174. The van der Waals surface area contributed by atoms with Crippen LogP contribution in [0.5, 0.6) is 0 Å². The number of benzene rings is 1. The molecule has 1 saturated carbocycles. The molecule has 0 bridgehead atoms. The van der Waals surface area contributed by atoms with Crippen LogP contribution in [0, 0.1) is 11.3 Å². The number of fused-ring (bicyclic) bond motifs is 1. The highest BCUT2D eigenvalue weighted by Gasteiger charge is 2.49. The lowest BCUT2D eigenvalue weighted by molar-refractivity contribution is -0.128. The highest BCUT2D eigenvalue weighted by molar-refractivity contribution is 5.97. The molecule has 1 aromatic carbocycles. The molecule has 2 atom stereocenters. The van der Waals surface area contributed by atoms with Gasteiger partial charge >= 0.3 is 5.97 Å². The van der Waals surface area contributed by atoms with Gasteiger partial charge in [0.15, 0.2) is 0 Å². The van der Waals surface area contributed by atoms with Crippen LogP contribution < -0.4 is 10.6 Å². The Hall–Kier alpha value is -1.59. The van der Waals surface area contributed by atoms with Crippen molar-refractivity contribution in [1.82, 2.24) is 5.32 Å². The van der Waals surface area contributed by atoms with Crippen molar-refractivity contribution in [1.29, 1.82) is 0 Å². The Morgan fingerprint density at radius 2 is 2.00 bits per heavy atom. The number of amides is 1. The first-order valence-corrected chi connectivity index (χ1v) is 7.86. The van der Waals surface area contributed by atoms with Crippen LogP contribution in [-0.4, -0.2) is 32.1 Å². The smallest absolute Gasteiger partial charge is 0.337 e. The number of halogens is 1. The molecule has 126 valence electrons. The Morgan fingerprint density at radius 1 is 1.26 bits per heavy atom. The number of anilines is 1. The number of hydrogen-bond acceptors (Lipinski definition) is 4. The zero-order valence-corrected chi connectivity index (χ0v) is 14.1. The molecule has 1 aliphatic heterocycles. The van der Waals surface area contributed by atoms with Crippen LogP contribution in [0.3, 0.4) is 0 Å². The SMILES string of the molecule is COC(=O)c1ccc(NC(=O)[C@@]23CCCC[C@H]2CNC3)cc1.Cl. The van der Waals surface area contributed by atoms with E-state index in [0.717, 1.165) is 38.0 Å². The highest BCUT2D eigenvalue weighted by Crippen LogP contribution is 2.44. The predicted octanol–water partition coefficient (Wildman–Crippen LogP) is 2.61. The Labute approximate surface area is 142 Å². The molecule has 1 aliphatic carbocycles. The maximum Gasteiger partial charge on any atom is 0.337 e. The lowest BCUT2D eigenvalue weighted by atomic mass is 9.67. The van der Waals surface area contributed by atoms with Gasteiger partial charge in [-0.15, -0.1) is 12.4 Å². The Morgan fingerprint density at radius 3 is 2.70 bits per heavy atom. The van der Waals surface area contributed by atoms with Crippen molar-refractivity contribution in [3.63, 3.8) is 0 Å². The van der Waals surface area contributed by atoms with Crippen molar-refractivity contribution in [3.8, 4) is 0 Å². The molecule has 1 amide bonds. The third kappa shape index (κ3) is 3.35. The van der Waals surface area contributed by atoms with Gasteiger partial charge in [-0.25, -0.2) is 4.79 Å². The fraction of sp³-hybridized carbons (Fsp3) is 0.529. The van der Waals surface area contributed by atoms with E-state index in [2.05, 4.69) is 15.4 Å². The Kier molecular flexibility index (Phi) is 5.65. The minimum atomic E-state index is -0.371. The van der Waals surface area contributed by atoms with Gasteiger partial charge in [0.25, 0.3) is 0 Å². The van der Waals surface area contributed by atoms with Crippen LogP contribution >= 0.6 is 12.4 Å². The summed E-state index contributed by atoms with van der Waals surface area (Å²) in [7, 11) is 1.35. The van der Waals surface area contributed by atoms with Crippen LogP contribution in [-0.2, 0) is 9.53 Å². The number of esters is 1. The summed E-state index contributed by atoms with van der Waals surface area (Å²) in [4.78, 5) is 24.2. The maximum absolute atomic E-state index is 12.8. The van der Waals surface area contributed by atoms with E-state index < -0.39 is 0 Å². The minimum Gasteiger partial charge on any atom is -0.465 e. The molecule has 0 spiro atoms. The predicted molar refractivity (Wildman–Crippen MR) is 90.9 cm³/mol. The molecule has 1 saturated heterocycles. The van der Waals surface area contributed by atoms with Gasteiger partial charge in [0, 0.05) is 12.2 Å². The molecule has 3 rings (SSSR count). The summed E-state index contributed by atoms with van der Waals surface area (Å²) in [5.41, 5.74) is 0.944. The second-order valence-electron chi connectivity index (χ2n) is 6.25. The van der Waals surface area contributed by atoms with Crippen molar-refractivity contribution >= 4 is 30.0 Å². The van der Waals surface area contributed by atoms with Crippen molar-refractivity contribution < 1.29 is 14.3 Å². The van der Waals surface area contributed by atoms with Crippen molar-refractivity contribution in [2.75, 3.05) is 25.5 Å². The average Bonchev–Trinajstić information content (AvgIpc) is 3.00. The number of carbonyl (C=O) groups excluding carboxylic acids is 2. The fourth-order valence-corrected chi connectivity index (χ4v) is 3.75. The molecule has 23 heavy (non-hydrogen) atoms. The molecule has 1 aromatic rings. The van der Waals surface area contributed by atoms with Crippen LogP contribution in [0.25, 0.3) is 0 Å². The third-order valence-electron chi connectivity index (χ3n) is 5.05. The van der Waals surface area contributed by atoms with E-state index in [1.54, 1.807) is 24.3 Å². The molecule has 0 unspecified atom stereocenters. The first-order chi connectivity index (χ1) is 10.7. The monoisotopic (exact) mass is 338 g/mol. The van der Waals surface area contributed by atoms with E-state index in [-0.39, 0.29) is 29.7 Å². The van der Waals surface area contributed by atoms with E-state index in [4.69, 9.17) is 0 Å². The maximum atomic E-state index is 12.8. The molecule has 1 heterocycles. The highest BCUT2D eigenvalue weighted by atomic mass is 35.5. The number of carbonyl (C=O) groups is 2. The van der Waals surface area contributed by atoms with E-state index in [1.165, 1.54) is 13.5 Å². The van der Waals surface area contributed by atoms with Gasteiger partial charge in [0.05, 0.1) is 18.1 Å². The average molecular weight is 339 g/mol. The standard InChI is InChI=1S/C17H22N2O3.ClH/c1-22-15(20)12-5-7-14(8-6-12)19-16(21)17-9-3-2-4-13(17)10-18-11-17;/h5-8,13,18H,2-4,9-11H2,1H3,(H,19,21);1H/t13-,17+;/m0./s1. The van der Waals surface area contributed by atoms with Crippen molar-refractivity contribution in [2.24, 2.45) is 11.3 Å². The third-order valence-corrected chi connectivity index (χ3v) is 5.05. The summed E-state index contributed by atoms with van der Waals surface area (Å²) in [6, 6.07) is 6.84. The second-order valence-corrected chi connectivity index (χ2v) is 6.25. The van der Waals surface area contributed by atoms with Crippen molar-refractivity contribution in [2.45, 2.75) is 25.7 Å². The molecular weight excluding hydrogens is 316 g/mol. The lowest BCUT2D eigenvalue weighted by Crippen LogP contribution is -2.44. The van der Waals surface area contributed by atoms with E-state index in [0.29, 0.717) is 11.5 Å². The Bertz CT molecular complexity index is 576. The minimum absolute atomic E-state index is 0. The van der Waals surface area contributed by atoms with Crippen LogP contribution in [0.2, 0.25) is 0 Å². The number of methoxy groups -OCH3 is 1.